The Morgan fingerprint density at radius 2 is 2.35 bits per heavy atom. The number of aliphatic imine (C=N–C) groups is 1. The molecule has 146 valence electrons. The fraction of sp³-hybridized carbons (Fsp3) is 0.647. The van der Waals surface area contributed by atoms with Crippen LogP contribution in [0.2, 0.25) is 0 Å². The van der Waals surface area contributed by atoms with E-state index < -0.39 is 0 Å². The molecule has 0 aliphatic carbocycles. The molecule has 9 heteroatoms. The number of hydrogen-bond donors (Lipinski definition) is 1. The Morgan fingerprint density at radius 3 is 3.12 bits per heavy atom. The summed E-state index contributed by atoms with van der Waals surface area (Å²) >= 11 is 1.64. The third kappa shape index (κ3) is 5.80. The van der Waals surface area contributed by atoms with Gasteiger partial charge in [0.2, 0.25) is 0 Å². The minimum Gasteiger partial charge on any atom is -0.382 e. The molecule has 0 saturated carbocycles. The quantitative estimate of drug-likeness (QED) is 0.265. The molecule has 0 amide bonds. The Labute approximate surface area is 175 Å². The third-order valence-electron chi connectivity index (χ3n) is 4.24. The number of guanidine groups is 1. The predicted molar refractivity (Wildman–Crippen MR) is 116 cm³/mol. The van der Waals surface area contributed by atoms with E-state index in [4.69, 9.17) is 14.5 Å². The molecule has 1 unspecified atom stereocenters. The van der Waals surface area contributed by atoms with E-state index in [9.17, 15) is 0 Å². The zero-order valence-electron chi connectivity index (χ0n) is 15.4. The molecule has 1 fully saturated rings. The number of rotatable bonds is 8. The summed E-state index contributed by atoms with van der Waals surface area (Å²) in [6.07, 6.45) is 5.22. The van der Waals surface area contributed by atoms with Gasteiger partial charge in [-0.15, -0.1) is 35.3 Å². The van der Waals surface area contributed by atoms with E-state index >= 15 is 0 Å². The van der Waals surface area contributed by atoms with Gasteiger partial charge in [0.15, 0.2) is 10.9 Å². The van der Waals surface area contributed by atoms with Gasteiger partial charge in [-0.3, -0.25) is 4.40 Å². The molecule has 0 aromatic carbocycles. The van der Waals surface area contributed by atoms with Crippen LogP contribution >= 0.6 is 35.3 Å². The number of nitrogens with one attached hydrogen (secondary N) is 1. The summed E-state index contributed by atoms with van der Waals surface area (Å²) in [5, 5.41) is 5.44. The van der Waals surface area contributed by atoms with Crippen molar-refractivity contribution in [1.29, 1.82) is 0 Å². The van der Waals surface area contributed by atoms with E-state index in [0.717, 1.165) is 49.3 Å². The maximum absolute atomic E-state index is 5.68. The molecule has 26 heavy (non-hydrogen) atoms. The molecule has 3 heterocycles. The molecule has 1 N–H and O–H groups in total. The van der Waals surface area contributed by atoms with Crippen molar-refractivity contribution in [1.82, 2.24) is 19.6 Å². The first-order chi connectivity index (χ1) is 12.3. The molecule has 0 bridgehead atoms. The first kappa shape index (κ1) is 21.4. The Balaban J connectivity index is 0.00000243. The average Bonchev–Trinajstić information content (AvgIpc) is 3.31. The van der Waals surface area contributed by atoms with Crippen molar-refractivity contribution in [2.75, 3.05) is 46.6 Å². The largest absolute Gasteiger partial charge is 0.382 e. The van der Waals surface area contributed by atoms with Gasteiger partial charge in [-0.2, -0.15) is 0 Å². The van der Waals surface area contributed by atoms with Gasteiger partial charge in [0, 0.05) is 50.4 Å². The number of hydrogen-bond acceptors (Lipinski definition) is 5. The number of fused-ring (bicyclic) bond motifs is 1. The number of thiazole rings is 1. The normalized spacial score (nSPS) is 17.7. The molecule has 2 aromatic rings. The smallest absolute Gasteiger partial charge is 0.194 e. The summed E-state index contributed by atoms with van der Waals surface area (Å²) in [6, 6.07) is 0. The van der Waals surface area contributed by atoms with Crippen LogP contribution in [-0.2, 0) is 16.0 Å². The minimum absolute atomic E-state index is 0. The lowest BCUT2D eigenvalue weighted by Gasteiger charge is -2.21. The van der Waals surface area contributed by atoms with Gasteiger partial charge in [-0.25, -0.2) is 9.98 Å². The van der Waals surface area contributed by atoms with Gasteiger partial charge in [0.25, 0.3) is 0 Å². The monoisotopic (exact) mass is 493 g/mol. The van der Waals surface area contributed by atoms with E-state index in [1.807, 2.05) is 16.0 Å². The van der Waals surface area contributed by atoms with Gasteiger partial charge in [0.05, 0.1) is 32.1 Å². The zero-order valence-corrected chi connectivity index (χ0v) is 18.5. The van der Waals surface area contributed by atoms with E-state index in [1.165, 1.54) is 0 Å². The van der Waals surface area contributed by atoms with Gasteiger partial charge in [-0.1, -0.05) is 0 Å². The van der Waals surface area contributed by atoms with E-state index in [-0.39, 0.29) is 24.0 Å². The molecule has 0 radical (unpaired) electrons. The average molecular weight is 493 g/mol. The number of methoxy groups -OCH3 is 1. The number of halogens is 1. The first-order valence-electron chi connectivity index (χ1n) is 8.81. The first-order valence-corrected chi connectivity index (χ1v) is 9.69. The summed E-state index contributed by atoms with van der Waals surface area (Å²) in [5.41, 5.74) is 1.00. The summed E-state index contributed by atoms with van der Waals surface area (Å²) in [6.45, 7) is 7.67. The van der Waals surface area contributed by atoms with Crippen LogP contribution in [0.5, 0.6) is 0 Å². The molecule has 0 spiro atoms. The van der Waals surface area contributed by atoms with E-state index in [2.05, 4.69) is 28.3 Å². The van der Waals surface area contributed by atoms with Crippen LogP contribution in [0.15, 0.2) is 22.8 Å². The summed E-state index contributed by atoms with van der Waals surface area (Å²) in [7, 11) is 1.70. The molecular formula is C17H28IN5O2S. The van der Waals surface area contributed by atoms with Crippen molar-refractivity contribution < 1.29 is 9.47 Å². The summed E-state index contributed by atoms with van der Waals surface area (Å²) < 4.78 is 12.7. The minimum atomic E-state index is 0. The van der Waals surface area contributed by atoms with Crippen LogP contribution in [-0.4, -0.2) is 66.8 Å². The fourth-order valence-corrected chi connectivity index (χ4v) is 3.71. The molecule has 1 aliphatic rings. The molecule has 7 nitrogen and oxygen atoms in total. The van der Waals surface area contributed by atoms with Gasteiger partial charge < -0.3 is 19.7 Å². The van der Waals surface area contributed by atoms with Gasteiger partial charge in [-0.05, 0) is 13.3 Å². The highest BCUT2D eigenvalue weighted by molar-refractivity contribution is 14.0. The number of imidazole rings is 1. The predicted octanol–water partition coefficient (Wildman–Crippen LogP) is 2.46. The number of likely N-dealkylation sites (tertiary alicyclic amines) is 1. The second kappa shape index (κ2) is 11.1. The molecular weight excluding hydrogens is 465 g/mol. The molecule has 1 saturated heterocycles. The Morgan fingerprint density at radius 1 is 1.46 bits per heavy atom. The van der Waals surface area contributed by atoms with E-state index in [0.29, 0.717) is 25.7 Å². The maximum Gasteiger partial charge on any atom is 0.194 e. The van der Waals surface area contributed by atoms with Crippen molar-refractivity contribution in [2.24, 2.45) is 10.9 Å². The van der Waals surface area contributed by atoms with Gasteiger partial charge in [0.1, 0.15) is 0 Å². The summed E-state index contributed by atoms with van der Waals surface area (Å²) in [4.78, 5) is 12.7. The Hall–Kier alpha value is -0.910. The summed E-state index contributed by atoms with van der Waals surface area (Å²) in [5.74, 6) is 1.52. The Kier molecular flexibility index (Phi) is 9.09. The topological polar surface area (TPSA) is 63.4 Å². The highest BCUT2D eigenvalue weighted by Crippen LogP contribution is 2.17. The highest BCUT2D eigenvalue weighted by Gasteiger charge is 2.25. The zero-order chi connectivity index (χ0) is 17.5. The van der Waals surface area contributed by atoms with Crippen LogP contribution in [0.25, 0.3) is 4.96 Å². The van der Waals surface area contributed by atoms with Crippen molar-refractivity contribution in [3.8, 4) is 0 Å². The molecule has 3 rings (SSSR count). The van der Waals surface area contributed by atoms with Crippen LogP contribution in [0.3, 0.4) is 0 Å². The molecule has 1 aliphatic heterocycles. The van der Waals surface area contributed by atoms with Crippen LogP contribution in [0, 0.1) is 5.92 Å². The SMILES string of the molecule is CCNC(=NCc1cn2ccsc2n1)N1CCC(COCCOC)C1.I. The number of aromatic nitrogens is 2. The fourth-order valence-electron chi connectivity index (χ4n) is 2.99. The van der Waals surface area contributed by atoms with Crippen molar-refractivity contribution in [3.63, 3.8) is 0 Å². The van der Waals surface area contributed by atoms with Crippen LogP contribution in [0.4, 0.5) is 0 Å². The lowest BCUT2D eigenvalue weighted by atomic mass is 10.1. The molecule has 1 atom stereocenters. The molecule has 2 aromatic heterocycles. The van der Waals surface area contributed by atoms with Crippen LogP contribution < -0.4 is 5.32 Å². The third-order valence-corrected chi connectivity index (χ3v) is 5.01. The lowest BCUT2D eigenvalue weighted by Crippen LogP contribution is -2.40. The van der Waals surface area contributed by atoms with Crippen molar-refractivity contribution in [3.05, 3.63) is 23.5 Å². The number of nitrogens with zero attached hydrogens (tertiary/aromatic N) is 4. The van der Waals surface area contributed by atoms with Crippen molar-refractivity contribution >= 4 is 46.2 Å². The lowest BCUT2D eigenvalue weighted by molar-refractivity contribution is 0.0536. The number of ether oxygens (including phenoxy) is 2. The second-order valence-corrected chi connectivity index (χ2v) is 7.04. The second-order valence-electron chi connectivity index (χ2n) is 6.16. The van der Waals surface area contributed by atoms with Crippen molar-refractivity contribution in [2.45, 2.75) is 19.9 Å². The standard InChI is InChI=1S/C17H27N5O2S.HI/c1-3-18-16(19-10-15-12-22-6-9-25-17(22)20-15)21-5-4-14(11-21)13-24-8-7-23-2;/h6,9,12,14H,3-5,7-8,10-11,13H2,1-2H3,(H,18,19);1H. The van der Waals surface area contributed by atoms with E-state index in [1.54, 1.807) is 18.4 Å². The highest BCUT2D eigenvalue weighted by atomic mass is 127. The maximum atomic E-state index is 5.68. The van der Waals surface area contributed by atoms with Crippen LogP contribution in [0.1, 0.15) is 19.0 Å². The van der Waals surface area contributed by atoms with Gasteiger partial charge >= 0.3 is 0 Å². The Bertz CT molecular complexity index is 661.